The van der Waals surface area contributed by atoms with Gasteiger partial charge in [-0.2, -0.15) is 5.06 Å². The van der Waals surface area contributed by atoms with Crippen LogP contribution in [0.3, 0.4) is 0 Å². The van der Waals surface area contributed by atoms with Crippen molar-refractivity contribution in [2.75, 3.05) is 6.61 Å². The molecule has 3 atom stereocenters. The molecule has 0 aliphatic carbocycles. The van der Waals surface area contributed by atoms with Gasteiger partial charge in [-0.3, -0.25) is 0 Å². The average Bonchev–Trinajstić information content (AvgIpc) is 2.68. The molecule has 5 heteroatoms. The van der Waals surface area contributed by atoms with Crippen LogP contribution in [0.25, 0.3) is 0 Å². The Morgan fingerprint density at radius 2 is 1.57 bits per heavy atom. The molecular formula is C23H27NO4. The Balaban J connectivity index is 2.02. The van der Waals surface area contributed by atoms with Crippen LogP contribution in [0.15, 0.2) is 48.5 Å². The lowest BCUT2D eigenvalue weighted by atomic mass is 9.94. The second kappa shape index (κ2) is 10.7. The number of hydrogen-bond acceptors (Lipinski definition) is 5. The molecule has 28 heavy (non-hydrogen) atoms. The molecule has 0 saturated heterocycles. The van der Waals surface area contributed by atoms with Crippen LogP contribution < -0.4 is 0 Å². The van der Waals surface area contributed by atoms with Crippen LogP contribution in [0.5, 0.6) is 0 Å². The Kier molecular flexibility index (Phi) is 8.37. The van der Waals surface area contributed by atoms with Gasteiger partial charge in [0.2, 0.25) is 0 Å². The summed E-state index contributed by atoms with van der Waals surface area (Å²) >= 11 is 0. The van der Waals surface area contributed by atoms with Crippen molar-refractivity contribution in [3.8, 4) is 11.8 Å². The van der Waals surface area contributed by atoms with Gasteiger partial charge in [-0.05, 0) is 50.1 Å². The van der Waals surface area contributed by atoms with Gasteiger partial charge in [0.15, 0.2) is 0 Å². The highest BCUT2D eigenvalue weighted by molar-refractivity contribution is 5.58. The quantitative estimate of drug-likeness (QED) is 0.372. The molecule has 2 rings (SSSR count). The molecule has 2 aromatic rings. The van der Waals surface area contributed by atoms with Crippen molar-refractivity contribution in [3.63, 3.8) is 0 Å². The van der Waals surface area contributed by atoms with Crippen LogP contribution in [0.2, 0.25) is 0 Å². The van der Waals surface area contributed by atoms with E-state index in [0.717, 1.165) is 21.8 Å². The van der Waals surface area contributed by atoms with Crippen molar-refractivity contribution < 1.29 is 20.2 Å². The van der Waals surface area contributed by atoms with Gasteiger partial charge in [0.25, 0.3) is 0 Å². The van der Waals surface area contributed by atoms with E-state index in [4.69, 9.17) is 0 Å². The van der Waals surface area contributed by atoms with Crippen LogP contribution in [0, 0.1) is 24.7 Å². The standard InChI is InChI=1S/C23H27NO4/c1-17-3-5-19(6-4-17)7-8-20-9-11-21(12-10-20)14-24(28)23(16-26)22(15-25)13-18(2)27/h3-6,9-12,16,18,22-23,25,27-28H,13-15H2,1-2H3/t18?,22-,23+/m0/s1. The molecule has 0 aliphatic rings. The number of carbonyl (C=O) groups is 1. The summed E-state index contributed by atoms with van der Waals surface area (Å²) in [6, 6.07) is 14.5. The van der Waals surface area contributed by atoms with E-state index in [1.54, 1.807) is 6.92 Å². The summed E-state index contributed by atoms with van der Waals surface area (Å²) in [6.45, 7) is 3.45. The first kappa shape index (κ1) is 21.8. The summed E-state index contributed by atoms with van der Waals surface area (Å²) in [4.78, 5) is 11.4. The number of aldehydes is 1. The van der Waals surface area contributed by atoms with Crippen LogP contribution in [0.4, 0.5) is 0 Å². The van der Waals surface area contributed by atoms with Gasteiger partial charge >= 0.3 is 0 Å². The molecule has 2 aromatic carbocycles. The fourth-order valence-corrected chi connectivity index (χ4v) is 2.95. The fourth-order valence-electron chi connectivity index (χ4n) is 2.95. The highest BCUT2D eigenvalue weighted by Crippen LogP contribution is 2.17. The summed E-state index contributed by atoms with van der Waals surface area (Å²) in [5.74, 6) is 5.67. The zero-order chi connectivity index (χ0) is 20.5. The van der Waals surface area contributed by atoms with E-state index < -0.39 is 18.1 Å². The third-order valence-corrected chi connectivity index (χ3v) is 4.55. The number of hydroxylamine groups is 2. The summed E-state index contributed by atoms with van der Waals surface area (Å²) < 4.78 is 0. The zero-order valence-electron chi connectivity index (χ0n) is 16.2. The van der Waals surface area contributed by atoms with Crippen molar-refractivity contribution >= 4 is 6.29 Å². The molecule has 0 bridgehead atoms. The minimum atomic E-state index is -0.888. The second-order valence-electron chi connectivity index (χ2n) is 7.06. The van der Waals surface area contributed by atoms with Crippen molar-refractivity contribution in [1.82, 2.24) is 5.06 Å². The Hall–Kier alpha value is -2.49. The fraction of sp³-hybridized carbons (Fsp3) is 0.348. The van der Waals surface area contributed by atoms with Gasteiger partial charge in [0, 0.05) is 30.2 Å². The number of aliphatic hydroxyl groups excluding tert-OH is 2. The lowest BCUT2D eigenvalue weighted by molar-refractivity contribution is -0.162. The number of aliphatic hydroxyl groups is 2. The maximum Gasteiger partial charge on any atom is 0.139 e. The maximum absolute atomic E-state index is 11.4. The molecule has 0 aliphatic heterocycles. The highest BCUT2D eigenvalue weighted by atomic mass is 16.5. The van der Waals surface area contributed by atoms with Gasteiger partial charge in [-0.15, -0.1) is 0 Å². The van der Waals surface area contributed by atoms with Crippen molar-refractivity contribution in [3.05, 3.63) is 70.8 Å². The largest absolute Gasteiger partial charge is 0.396 e. The third-order valence-electron chi connectivity index (χ3n) is 4.55. The molecule has 148 valence electrons. The second-order valence-corrected chi connectivity index (χ2v) is 7.06. The van der Waals surface area contributed by atoms with Crippen molar-refractivity contribution in [1.29, 1.82) is 0 Å². The maximum atomic E-state index is 11.4. The first-order chi connectivity index (χ1) is 13.4. The van der Waals surface area contributed by atoms with E-state index in [1.807, 2.05) is 55.5 Å². The number of rotatable bonds is 8. The molecule has 0 aromatic heterocycles. The van der Waals surface area contributed by atoms with Crippen LogP contribution in [0.1, 0.15) is 35.6 Å². The predicted octanol–water partition coefficient (Wildman–Crippen LogP) is 2.53. The summed E-state index contributed by atoms with van der Waals surface area (Å²) in [5.41, 5.74) is 3.79. The van der Waals surface area contributed by atoms with E-state index in [1.165, 1.54) is 5.56 Å². The van der Waals surface area contributed by atoms with Crippen molar-refractivity contribution in [2.24, 2.45) is 5.92 Å². The minimum Gasteiger partial charge on any atom is -0.396 e. The third kappa shape index (κ3) is 6.59. The van der Waals surface area contributed by atoms with Crippen molar-refractivity contribution in [2.45, 2.75) is 39.0 Å². The van der Waals surface area contributed by atoms with Gasteiger partial charge < -0.3 is 20.2 Å². The molecule has 0 fully saturated rings. The molecule has 0 spiro atoms. The monoisotopic (exact) mass is 381 g/mol. The SMILES string of the molecule is Cc1ccc(C#Cc2ccc(CN(O)[C@H](C=O)[C@H](CO)CC(C)O)cc2)cc1. The first-order valence-electron chi connectivity index (χ1n) is 9.30. The predicted molar refractivity (Wildman–Crippen MR) is 108 cm³/mol. The Morgan fingerprint density at radius 1 is 1.04 bits per heavy atom. The van der Waals surface area contributed by atoms with E-state index >= 15 is 0 Å². The minimum absolute atomic E-state index is 0.130. The number of nitrogens with zero attached hydrogens (tertiary/aromatic N) is 1. The lowest BCUT2D eigenvalue weighted by Gasteiger charge is -2.28. The smallest absolute Gasteiger partial charge is 0.139 e. The van der Waals surface area contributed by atoms with E-state index in [2.05, 4.69) is 11.8 Å². The molecule has 5 nitrogen and oxygen atoms in total. The summed E-state index contributed by atoms with van der Waals surface area (Å²) in [6.07, 6.45) is 0.161. The topological polar surface area (TPSA) is 81.0 Å². The normalized spacial score (nSPS) is 14.1. The highest BCUT2D eigenvalue weighted by Gasteiger charge is 2.27. The number of hydrogen-bond donors (Lipinski definition) is 3. The molecule has 0 saturated carbocycles. The molecule has 3 N–H and O–H groups in total. The number of aryl methyl sites for hydroxylation is 1. The lowest BCUT2D eigenvalue weighted by Crippen LogP contribution is -2.42. The van der Waals surface area contributed by atoms with Crippen LogP contribution in [-0.2, 0) is 11.3 Å². The molecular weight excluding hydrogens is 354 g/mol. The van der Waals surface area contributed by atoms with Gasteiger partial charge in [-0.25, -0.2) is 0 Å². The Morgan fingerprint density at radius 3 is 2.04 bits per heavy atom. The first-order valence-corrected chi connectivity index (χ1v) is 9.30. The van der Waals surface area contributed by atoms with Gasteiger partial charge in [0.1, 0.15) is 6.29 Å². The zero-order valence-corrected chi connectivity index (χ0v) is 16.2. The van der Waals surface area contributed by atoms with E-state index in [-0.39, 0.29) is 19.6 Å². The summed E-state index contributed by atoms with van der Waals surface area (Å²) in [7, 11) is 0. The van der Waals surface area contributed by atoms with E-state index in [9.17, 15) is 20.2 Å². The number of carbonyl (C=O) groups excluding carboxylic acids is 1. The van der Waals surface area contributed by atoms with Gasteiger partial charge in [0.05, 0.1) is 12.1 Å². The average molecular weight is 381 g/mol. The van der Waals surface area contributed by atoms with E-state index in [0.29, 0.717) is 6.29 Å². The van der Waals surface area contributed by atoms with Gasteiger partial charge in [-0.1, -0.05) is 41.7 Å². The molecule has 0 radical (unpaired) electrons. The Bertz CT molecular complexity index is 803. The van der Waals surface area contributed by atoms with Crippen LogP contribution in [-0.4, -0.2) is 45.5 Å². The molecule has 0 heterocycles. The molecule has 0 amide bonds. The molecule has 1 unspecified atom stereocenters. The van der Waals surface area contributed by atoms with Crippen LogP contribution >= 0.6 is 0 Å². The Labute approximate surface area is 166 Å². The summed E-state index contributed by atoms with van der Waals surface area (Å²) in [5, 5.41) is 30.2. The number of benzene rings is 2.